The molecule has 3 rings (SSSR count). The molecule has 1 amide bonds. The molecule has 0 N–H and O–H groups in total. The van der Waals surface area contributed by atoms with E-state index < -0.39 is 5.82 Å². The lowest BCUT2D eigenvalue weighted by Crippen LogP contribution is -2.49. The standard InChI is InChI=1S/C17H14Cl2FN3O2/c18-11-1-3-13(15(20)9-11)17(24)23-7-5-22(6-8-23)16-4-2-12(21-25)10-14(16)19/h1-4,9-10H,5-8H2. The van der Waals surface area contributed by atoms with Crippen LogP contribution in [0.25, 0.3) is 0 Å². The molecule has 1 aliphatic heterocycles. The minimum absolute atomic E-state index is 0.0114. The van der Waals surface area contributed by atoms with Crippen LogP contribution >= 0.6 is 23.2 Å². The average Bonchev–Trinajstić information content (AvgIpc) is 2.61. The van der Waals surface area contributed by atoms with Crippen molar-refractivity contribution in [1.82, 2.24) is 4.90 Å². The van der Waals surface area contributed by atoms with Crippen molar-refractivity contribution < 1.29 is 9.18 Å². The Balaban J connectivity index is 1.69. The summed E-state index contributed by atoms with van der Waals surface area (Å²) in [6.45, 7) is 1.97. The quantitative estimate of drug-likeness (QED) is 0.735. The molecule has 0 bridgehead atoms. The van der Waals surface area contributed by atoms with E-state index >= 15 is 0 Å². The van der Waals surface area contributed by atoms with E-state index in [0.29, 0.717) is 31.2 Å². The molecule has 1 fully saturated rings. The number of piperazine rings is 1. The fourth-order valence-corrected chi connectivity index (χ4v) is 3.25. The summed E-state index contributed by atoms with van der Waals surface area (Å²) >= 11 is 11.9. The van der Waals surface area contributed by atoms with E-state index in [9.17, 15) is 14.1 Å². The molecule has 0 aromatic heterocycles. The van der Waals surface area contributed by atoms with Gasteiger partial charge >= 0.3 is 0 Å². The van der Waals surface area contributed by atoms with Crippen molar-refractivity contribution in [2.75, 3.05) is 31.1 Å². The molecule has 0 unspecified atom stereocenters. The van der Waals surface area contributed by atoms with Crippen molar-refractivity contribution in [1.29, 1.82) is 0 Å². The van der Waals surface area contributed by atoms with Gasteiger partial charge in [0.2, 0.25) is 0 Å². The van der Waals surface area contributed by atoms with E-state index in [1.54, 1.807) is 17.0 Å². The number of nitroso groups, excluding NO2 is 1. The van der Waals surface area contributed by atoms with Crippen LogP contribution in [0.15, 0.2) is 41.6 Å². The summed E-state index contributed by atoms with van der Waals surface area (Å²) in [5.74, 6) is -0.986. The number of hydrogen-bond acceptors (Lipinski definition) is 4. The molecule has 0 radical (unpaired) electrons. The molecule has 25 heavy (non-hydrogen) atoms. The maximum atomic E-state index is 13.9. The van der Waals surface area contributed by atoms with Crippen LogP contribution in [0.4, 0.5) is 15.8 Å². The first-order chi connectivity index (χ1) is 12.0. The Kier molecular flexibility index (Phi) is 5.20. The van der Waals surface area contributed by atoms with Crippen molar-refractivity contribution in [2.24, 2.45) is 5.18 Å². The lowest BCUT2D eigenvalue weighted by molar-refractivity contribution is 0.0742. The van der Waals surface area contributed by atoms with Gasteiger partial charge in [0, 0.05) is 31.2 Å². The Morgan fingerprint density at radius 1 is 1.04 bits per heavy atom. The third kappa shape index (κ3) is 3.75. The number of benzene rings is 2. The highest BCUT2D eigenvalue weighted by Gasteiger charge is 2.25. The zero-order chi connectivity index (χ0) is 18.0. The van der Waals surface area contributed by atoms with Crippen LogP contribution in [-0.4, -0.2) is 37.0 Å². The first-order valence-corrected chi connectivity index (χ1v) is 8.37. The average molecular weight is 382 g/mol. The van der Waals surface area contributed by atoms with Crippen LogP contribution < -0.4 is 4.90 Å². The third-order valence-corrected chi connectivity index (χ3v) is 4.64. The second-order valence-corrected chi connectivity index (χ2v) is 6.47. The molecule has 0 atom stereocenters. The SMILES string of the molecule is O=Nc1ccc(N2CCN(C(=O)c3ccc(Cl)cc3F)CC2)c(Cl)c1. The zero-order valence-corrected chi connectivity index (χ0v) is 14.6. The molecule has 0 spiro atoms. The number of nitrogens with zero attached hydrogens (tertiary/aromatic N) is 3. The van der Waals surface area contributed by atoms with E-state index in [-0.39, 0.29) is 22.2 Å². The molecule has 0 aliphatic carbocycles. The molecule has 1 heterocycles. The Labute approximate surface area is 153 Å². The normalized spacial score (nSPS) is 14.5. The van der Waals surface area contributed by atoms with Gasteiger partial charge in [0.25, 0.3) is 5.91 Å². The third-order valence-electron chi connectivity index (χ3n) is 4.11. The summed E-state index contributed by atoms with van der Waals surface area (Å²) in [6, 6.07) is 8.85. The van der Waals surface area contributed by atoms with Crippen LogP contribution in [0, 0.1) is 10.7 Å². The molecule has 0 saturated carbocycles. The van der Waals surface area contributed by atoms with Gasteiger partial charge in [-0.25, -0.2) is 4.39 Å². The topological polar surface area (TPSA) is 53.0 Å². The molecular weight excluding hydrogens is 368 g/mol. The highest BCUT2D eigenvalue weighted by atomic mass is 35.5. The summed E-state index contributed by atoms with van der Waals surface area (Å²) in [6.07, 6.45) is 0. The van der Waals surface area contributed by atoms with Crippen molar-refractivity contribution in [3.63, 3.8) is 0 Å². The van der Waals surface area contributed by atoms with Crippen LogP contribution in [-0.2, 0) is 0 Å². The first kappa shape index (κ1) is 17.6. The smallest absolute Gasteiger partial charge is 0.256 e. The van der Waals surface area contributed by atoms with Gasteiger partial charge in [0.1, 0.15) is 11.5 Å². The number of rotatable bonds is 3. The largest absolute Gasteiger partial charge is 0.367 e. The van der Waals surface area contributed by atoms with Crippen LogP contribution in [0.5, 0.6) is 0 Å². The Bertz CT molecular complexity index is 824. The summed E-state index contributed by atoms with van der Waals surface area (Å²) in [4.78, 5) is 26.6. The van der Waals surface area contributed by atoms with E-state index in [1.165, 1.54) is 18.2 Å². The number of carbonyl (C=O) groups is 1. The molecule has 1 aliphatic rings. The molecule has 130 valence electrons. The molecule has 1 saturated heterocycles. The van der Waals surface area contributed by atoms with E-state index in [0.717, 1.165) is 11.8 Å². The highest BCUT2D eigenvalue weighted by Crippen LogP contribution is 2.30. The van der Waals surface area contributed by atoms with Gasteiger partial charge in [-0.1, -0.05) is 23.2 Å². The maximum Gasteiger partial charge on any atom is 0.256 e. The van der Waals surface area contributed by atoms with E-state index in [2.05, 4.69) is 5.18 Å². The molecule has 2 aromatic carbocycles. The Morgan fingerprint density at radius 3 is 2.36 bits per heavy atom. The fourth-order valence-electron chi connectivity index (χ4n) is 2.79. The summed E-state index contributed by atoms with van der Waals surface area (Å²) in [5, 5.41) is 3.53. The van der Waals surface area contributed by atoms with Gasteiger partial charge in [-0.2, -0.15) is 0 Å². The number of anilines is 1. The maximum absolute atomic E-state index is 13.9. The van der Waals surface area contributed by atoms with Gasteiger partial charge in [-0.05, 0) is 41.6 Å². The van der Waals surface area contributed by atoms with Gasteiger partial charge in [-0.3, -0.25) is 4.79 Å². The Morgan fingerprint density at radius 2 is 1.76 bits per heavy atom. The second-order valence-electron chi connectivity index (χ2n) is 5.63. The zero-order valence-electron chi connectivity index (χ0n) is 13.1. The van der Waals surface area contributed by atoms with Gasteiger partial charge in [-0.15, -0.1) is 4.91 Å². The number of halogens is 3. The summed E-state index contributed by atoms with van der Waals surface area (Å²) < 4.78 is 13.9. The van der Waals surface area contributed by atoms with E-state index in [4.69, 9.17) is 23.2 Å². The summed E-state index contributed by atoms with van der Waals surface area (Å²) in [7, 11) is 0. The first-order valence-electron chi connectivity index (χ1n) is 7.62. The number of hydrogen-bond donors (Lipinski definition) is 0. The minimum Gasteiger partial charge on any atom is -0.367 e. The van der Waals surface area contributed by atoms with Gasteiger partial charge in [0.15, 0.2) is 0 Å². The molecular formula is C17H14Cl2FN3O2. The number of amides is 1. The number of carbonyl (C=O) groups excluding carboxylic acids is 1. The monoisotopic (exact) mass is 381 g/mol. The van der Waals surface area contributed by atoms with Crippen LogP contribution in [0.1, 0.15) is 10.4 Å². The predicted molar refractivity (Wildman–Crippen MR) is 96.4 cm³/mol. The fraction of sp³-hybridized carbons (Fsp3) is 0.235. The van der Waals surface area contributed by atoms with Crippen molar-refractivity contribution in [2.45, 2.75) is 0 Å². The Hall–Kier alpha value is -2.18. The lowest BCUT2D eigenvalue weighted by Gasteiger charge is -2.36. The van der Waals surface area contributed by atoms with Crippen LogP contribution in [0.2, 0.25) is 10.0 Å². The van der Waals surface area contributed by atoms with Crippen molar-refractivity contribution >= 4 is 40.5 Å². The van der Waals surface area contributed by atoms with Gasteiger partial charge < -0.3 is 9.80 Å². The molecule has 2 aromatic rings. The predicted octanol–water partition coefficient (Wildman–Crippen LogP) is 4.49. The minimum atomic E-state index is -0.625. The summed E-state index contributed by atoms with van der Waals surface area (Å²) in [5.41, 5.74) is 1.05. The van der Waals surface area contributed by atoms with E-state index in [1.807, 2.05) is 4.90 Å². The molecule has 8 heteroatoms. The highest BCUT2D eigenvalue weighted by molar-refractivity contribution is 6.33. The lowest BCUT2D eigenvalue weighted by atomic mass is 10.1. The second kappa shape index (κ2) is 7.37. The van der Waals surface area contributed by atoms with Crippen molar-refractivity contribution in [3.8, 4) is 0 Å². The molecule has 5 nitrogen and oxygen atoms in total. The van der Waals surface area contributed by atoms with Crippen LogP contribution in [0.3, 0.4) is 0 Å². The van der Waals surface area contributed by atoms with Gasteiger partial charge in [0.05, 0.1) is 16.3 Å². The van der Waals surface area contributed by atoms with Crippen molar-refractivity contribution in [3.05, 3.63) is 62.7 Å².